The number of amides is 3. The standard InChI is InChI=1S/C21H28N2O4S/c1-14(2)8-7-9-15(3)13-22-17(12-19(24)25)20(26)23(21(22)27)16-10-5-6-11-18(16)28-4/h5-6,8,10-11,15,17H,7,9,12-13H2,1-4H3,(H,24,25)/t15?,17-/m0/s1. The first-order valence-corrected chi connectivity index (χ1v) is 10.6. The molecule has 0 bridgehead atoms. The monoisotopic (exact) mass is 404 g/mol. The third-order valence-corrected chi connectivity index (χ3v) is 5.52. The summed E-state index contributed by atoms with van der Waals surface area (Å²) < 4.78 is 0. The Balaban J connectivity index is 2.27. The van der Waals surface area contributed by atoms with Gasteiger partial charge in [-0.05, 0) is 51.0 Å². The van der Waals surface area contributed by atoms with Crippen molar-refractivity contribution >= 4 is 35.4 Å². The van der Waals surface area contributed by atoms with Gasteiger partial charge in [0.1, 0.15) is 6.04 Å². The molecule has 1 aliphatic rings. The Labute approximate surface area is 170 Å². The van der Waals surface area contributed by atoms with Crippen LogP contribution in [-0.2, 0) is 9.59 Å². The zero-order chi connectivity index (χ0) is 20.8. The van der Waals surface area contributed by atoms with E-state index < -0.39 is 23.9 Å². The highest BCUT2D eigenvalue weighted by Crippen LogP contribution is 2.34. The summed E-state index contributed by atoms with van der Waals surface area (Å²) in [5, 5.41) is 9.27. The number of carbonyl (C=O) groups excluding carboxylic acids is 2. The zero-order valence-corrected chi connectivity index (χ0v) is 17.7. The van der Waals surface area contributed by atoms with E-state index in [4.69, 9.17) is 0 Å². The molecule has 1 fully saturated rings. The number of carboxylic acids is 1. The summed E-state index contributed by atoms with van der Waals surface area (Å²) in [5.41, 5.74) is 1.75. The number of nitrogens with zero attached hydrogens (tertiary/aromatic N) is 2. The molecule has 152 valence electrons. The van der Waals surface area contributed by atoms with Gasteiger partial charge in [0.2, 0.25) is 0 Å². The Morgan fingerprint density at radius 2 is 1.96 bits per heavy atom. The van der Waals surface area contributed by atoms with Crippen LogP contribution in [0.15, 0.2) is 40.8 Å². The number of benzene rings is 1. The van der Waals surface area contributed by atoms with Gasteiger partial charge in [0, 0.05) is 11.4 Å². The summed E-state index contributed by atoms with van der Waals surface area (Å²) in [7, 11) is 0. The van der Waals surface area contributed by atoms with Crippen molar-refractivity contribution < 1.29 is 19.5 Å². The van der Waals surface area contributed by atoms with Crippen molar-refractivity contribution in [2.75, 3.05) is 17.7 Å². The minimum absolute atomic E-state index is 0.152. The highest BCUT2D eigenvalue weighted by Gasteiger charge is 2.47. The molecule has 1 aliphatic heterocycles. The minimum Gasteiger partial charge on any atom is -0.481 e. The maximum atomic E-state index is 13.1. The second-order valence-corrected chi connectivity index (χ2v) is 8.21. The van der Waals surface area contributed by atoms with E-state index in [-0.39, 0.29) is 12.3 Å². The zero-order valence-electron chi connectivity index (χ0n) is 16.8. The van der Waals surface area contributed by atoms with E-state index in [1.165, 1.54) is 22.2 Å². The lowest BCUT2D eigenvalue weighted by molar-refractivity contribution is -0.140. The number of imide groups is 1. The van der Waals surface area contributed by atoms with Gasteiger partial charge in [0.15, 0.2) is 0 Å². The van der Waals surface area contributed by atoms with E-state index in [9.17, 15) is 19.5 Å². The molecule has 0 aliphatic carbocycles. The van der Waals surface area contributed by atoms with Gasteiger partial charge in [-0.2, -0.15) is 0 Å². The smallest absolute Gasteiger partial charge is 0.332 e. The van der Waals surface area contributed by atoms with Crippen LogP contribution in [0.25, 0.3) is 0 Å². The molecule has 7 heteroatoms. The Hall–Kier alpha value is -2.28. The number of para-hydroxylation sites is 1. The van der Waals surface area contributed by atoms with Crippen LogP contribution in [0.3, 0.4) is 0 Å². The van der Waals surface area contributed by atoms with E-state index in [0.717, 1.165) is 22.6 Å². The molecule has 0 spiro atoms. The molecule has 28 heavy (non-hydrogen) atoms. The molecule has 1 unspecified atom stereocenters. The maximum absolute atomic E-state index is 13.1. The number of carbonyl (C=O) groups is 3. The summed E-state index contributed by atoms with van der Waals surface area (Å²) in [5.74, 6) is -1.40. The fourth-order valence-corrected chi connectivity index (χ4v) is 3.91. The normalized spacial score (nSPS) is 17.8. The molecular weight excluding hydrogens is 376 g/mol. The predicted octanol–water partition coefficient (Wildman–Crippen LogP) is 4.40. The van der Waals surface area contributed by atoms with Crippen LogP contribution in [0.5, 0.6) is 0 Å². The number of hydrogen-bond donors (Lipinski definition) is 1. The predicted molar refractivity (Wildman–Crippen MR) is 112 cm³/mol. The first kappa shape index (κ1) is 22.0. The average Bonchev–Trinajstić information content (AvgIpc) is 2.85. The Kier molecular flexibility index (Phi) is 7.69. The summed E-state index contributed by atoms with van der Waals surface area (Å²) in [6.45, 7) is 6.46. The number of aliphatic carboxylic acids is 1. The molecule has 1 saturated heterocycles. The molecule has 0 aromatic heterocycles. The van der Waals surface area contributed by atoms with Crippen molar-refractivity contribution in [3.63, 3.8) is 0 Å². The lowest BCUT2D eigenvalue weighted by Gasteiger charge is -2.24. The fourth-order valence-electron chi connectivity index (χ4n) is 3.33. The Morgan fingerprint density at radius 3 is 2.57 bits per heavy atom. The molecular formula is C21H28N2O4S. The summed E-state index contributed by atoms with van der Waals surface area (Å²) in [6.07, 6.45) is 5.39. The van der Waals surface area contributed by atoms with Gasteiger partial charge in [-0.1, -0.05) is 30.7 Å². The highest BCUT2D eigenvalue weighted by atomic mass is 32.2. The number of allylic oxidation sites excluding steroid dienone is 2. The topological polar surface area (TPSA) is 77.9 Å². The van der Waals surface area contributed by atoms with Crippen LogP contribution in [-0.4, -0.2) is 46.8 Å². The lowest BCUT2D eigenvalue weighted by Crippen LogP contribution is -2.39. The van der Waals surface area contributed by atoms with Crippen LogP contribution in [0.4, 0.5) is 10.5 Å². The van der Waals surface area contributed by atoms with Gasteiger partial charge in [0.25, 0.3) is 5.91 Å². The Morgan fingerprint density at radius 1 is 1.29 bits per heavy atom. The Bertz CT molecular complexity index is 773. The highest BCUT2D eigenvalue weighted by molar-refractivity contribution is 7.98. The van der Waals surface area contributed by atoms with Crippen LogP contribution in [0.2, 0.25) is 0 Å². The number of anilines is 1. The average molecular weight is 405 g/mol. The third-order valence-electron chi connectivity index (χ3n) is 4.73. The number of urea groups is 1. The van der Waals surface area contributed by atoms with Crippen molar-refractivity contribution in [1.29, 1.82) is 0 Å². The third kappa shape index (κ3) is 5.16. The van der Waals surface area contributed by atoms with Gasteiger partial charge in [-0.3, -0.25) is 9.59 Å². The molecule has 1 N–H and O–H groups in total. The SMILES string of the molecule is CSc1ccccc1N1C(=O)[C@H](CC(=O)O)N(CC(C)CCC=C(C)C)C1=O. The minimum atomic E-state index is -1.09. The van der Waals surface area contributed by atoms with Crippen LogP contribution in [0, 0.1) is 5.92 Å². The van der Waals surface area contributed by atoms with E-state index in [2.05, 4.69) is 6.08 Å². The molecule has 1 aromatic rings. The molecule has 6 nitrogen and oxygen atoms in total. The second-order valence-electron chi connectivity index (χ2n) is 7.36. The van der Waals surface area contributed by atoms with Crippen LogP contribution < -0.4 is 4.90 Å². The first-order valence-electron chi connectivity index (χ1n) is 9.39. The van der Waals surface area contributed by atoms with Crippen molar-refractivity contribution in [2.24, 2.45) is 5.92 Å². The molecule has 0 saturated carbocycles. The number of thioether (sulfide) groups is 1. The van der Waals surface area contributed by atoms with Crippen LogP contribution in [0.1, 0.15) is 40.0 Å². The summed E-state index contributed by atoms with van der Waals surface area (Å²) in [6, 6.07) is 5.78. The van der Waals surface area contributed by atoms with E-state index >= 15 is 0 Å². The van der Waals surface area contributed by atoms with E-state index in [0.29, 0.717) is 12.2 Å². The lowest BCUT2D eigenvalue weighted by atomic mass is 10.0. The number of rotatable bonds is 9. The first-order chi connectivity index (χ1) is 13.3. The maximum Gasteiger partial charge on any atom is 0.332 e. The molecule has 1 aromatic carbocycles. The summed E-state index contributed by atoms with van der Waals surface area (Å²) >= 11 is 1.44. The van der Waals surface area contributed by atoms with Gasteiger partial charge in [-0.15, -0.1) is 11.8 Å². The molecule has 0 radical (unpaired) electrons. The number of carboxylic acid groups (broad SMARTS) is 1. The van der Waals surface area contributed by atoms with Gasteiger partial charge >= 0.3 is 12.0 Å². The van der Waals surface area contributed by atoms with Crippen LogP contribution >= 0.6 is 11.8 Å². The fraction of sp³-hybridized carbons (Fsp3) is 0.476. The molecule has 2 rings (SSSR count). The van der Waals surface area contributed by atoms with Crippen molar-refractivity contribution in [3.8, 4) is 0 Å². The molecule has 3 amide bonds. The van der Waals surface area contributed by atoms with Gasteiger partial charge in [0.05, 0.1) is 12.1 Å². The number of hydrogen-bond acceptors (Lipinski definition) is 4. The molecule has 2 atom stereocenters. The van der Waals surface area contributed by atoms with Crippen molar-refractivity contribution in [2.45, 2.75) is 51.0 Å². The largest absolute Gasteiger partial charge is 0.481 e. The van der Waals surface area contributed by atoms with Gasteiger partial charge in [-0.25, -0.2) is 9.69 Å². The quantitative estimate of drug-likeness (QED) is 0.375. The van der Waals surface area contributed by atoms with E-state index in [1.54, 1.807) is 12.1 Å². The van der Waals surface area contributed by atoms with E-state index in [1.807, 2.05) is 39.2 Å². The molecule has 1 heterocycles. The van der Waals surface area contributed by atoms with Crippen molar-refractivity contribution in [1.82, 2.24) is 4.90 Å². The van der Waals surface area contributed by atoms with Crippen molar-refractivity contribution in [3.05, 3.63) is 35.9 Å². The van der Waals surface area contributed by atoms with Gasteiger partial charge < -0.3 is 10.0 Å². The second kappa shape index (κ2) is 9.78. The summed E-state index contributed by atoms with van der Waals surface area (Å²) in [4.78, 5) is 40.8.